The van der Waals surface area contributed by atoms with E-state index in [4.69, 9.17) is 5.73 Å². The van der Waals surface area contributed by atoms with E-state index in [-0.39, 0.29) is 18.5 Å². The zero-order chi connectivity index (χ0) is 14.5. The average molecular weight is 276 g/mol. The van der Waals surface area contributed by atoms with Gasteiger partial charge in [-0.05, 0) is 31.0 Å². The van der Waals surface area contributed by atoms with Gasteiger partial charge in [-0.1, -0.05) is 24.8 Å². The summed E-state index contributed by atoms with van der Waals surface area (Å²) in [5, 5.41) is 9.87. The predicted octanol–water partition coefficient (Wildman–Crippen LogP) is 1.34. The Morgan fingerprint density at radius 2 is 2.30 bits per heavy atom. The van der Waals surface area contributed by atoms with Crippen LogP contribution in [0.5, 0.6) is 0 Å². The quantitative estimate of drug-likeness (QED) is 0.801. The van der Waals surface area contributed by atoms with E-state index < -0.39 is 0 Å². The van der Waals surface area contributed by atoms with Crippen molar-refractivity contribution in [2.24, 2.45) is 11.7 Å². The number of piperidine rings is 1. The Balaban J connectivity index is 2.03. The highest BCUT2D eigenvalue weighted by Crippen LogP contribution is 2.20. The Bertz CT molecular complexity index is 521. The van der Waals surface area contributed by atoms with Gasteiger partial charge in [-0.3, -0.25) is 4.90 Å². The molecule has 2 atom stereocenters. The second-order valence-corrected chi connectivity index (χ2v) is 5.38. The Morgan fingerprint density at radius 3 is 2.95 bits per heavy atom. The third kappa shape index (κ3) is 3.80. The van der Waals surface area contributed by atoms with Crippen molar-refractivity contribution >= 4 is 0 Å². The molecule has 3 nitrogen and oxygen atoms in total. The Labute approximate surface area is 119 Å². The number of likely N-dealkylation sites (tertiary alicyclic amines) is 1. The summed E-state index contributed by atoms with van der Waals surface area (Å²) in [7, 11) is 0. The van der Waals surface area contributed by atoms with Gasteiger partial charge in [0.15, 0.2) is 0 Å². The van der Waals surface area contributed by atoms with Crippen LogP contribution in [0.15, 0.2) is 18.2 Å². The van der Waals surface area contributed by atoms with Gasteiger partial charge in [-0.2, -0.15) is 0 Å². The molecule has 1 aromatic rings. The molecule has 1 aromatic carbocycles. The van der Waals surface area contributed by atoms with Crippen molar-refractivity contribution in [2.45, 2.75) is 26.0 Å². The minimum Gasteiger partial charge on any atom is -0.392 e. The van der Waals surface area contributed by atoms with E-state index in [1.54, 1.807) is 6.07 Å². The van der Waals surface area contributed by atoms with Crippen molar-refractivity contribution < 1.29 is 9.50 Å². The van der Waals surface area contributed by atoms with Crippen LogP contribution in [0.1, 0.15) is 24.5 Å². The number of halogens is 1. The van der Waals surface area contributed by atoms with Gasteiger partial charge in [0.05, 0.1) is 12.6 Å². The maximum Gasteiger partial charge on any atom is 0.128 e. The lowest BCUT2D eigenvalue weighted by Gasteiger charge is -2.34. The van der Waals surface area contributed by atoms with E-state index in [2.05, 4.69) is 16.7 Å². The minimum absolute atomic E-state index is 0.248. The number of hydrogen-bond acceptors (Lipinski definition) is 3. The second-order valence-electron chi connectivity index (χ2n) is 5.38. The molecule has 0 aromatic heterocycles. The highest BCUT2D eigenvalue weighted by atomic mass is 19.1. The normalized spacial score (nSPS) is 23.2. The third-order valence-electron chi connectivity index (χ3n) is 3.78. The highest BCUT2D eigenvalue weighted by molar-refractivity contribution is 5.37. The maximum absolute atomic E-state index is 14.0. The van der Waals surface area contributed by atoms with Crippen molar-refractivity contribution in [2.75, 3.05) is 19.6 Å². The van der Waals surface area contributed by atoms with Gasteiger partial charge < -0.3 is 10.8 Å². The maximum atomic E-state index is 14.0. The van der Waals surface area contributed by atoms with Gasteiger partial charge in [0.2, 0.25) is 0 Å². The summed E-state index contributed by atoms with van der Waals surface area (Å²) >= 11 is 0. The predicted molar refractivity (Wildman–Crippen MR) is 77.4 cm³/mol. The fraction of sp³-hybridized carbons (Fsp3) is 0.500. The average Bonchev–Trinajstić information content (AvgIpc) is 2.43. The summed E-state index contributed by atoms with van der Waals surface area (Å²) in [6.45, 7) is 4.35. The Hall–Kier alpha value is -1.41. The molecule has 1 heterocycles. The number of benzene rings is 1. The molecular weight excluding hydrogens is 255 g/mol. The molecule has 1 saturated heterocycles. The van der Waals surface area contributed by atoms with Crippen molar-refractivity contribution in [3.05, 3.63) is 35.1 Å². The van der Waals surface area contributed by atoms with Gasteiger partial charge in [0.1, 0.15) is 5.82 Å². The number of aliphatic hydroxyl groups is 1. The molecule has 0 aliphatic carbocycles. The number of β-amino-alcohol motifs (C(OH)–C–C–N with tert-alkyl or cyclic N) is 1. The first-order valence-electron chi connectivity index (χ1n) is 6.98. The van der Waals surface area contributed by atoms with Gasteiger partial charge in [-0.25, -0.2) is 4.39 Å². The van der Waals surface area contributed by atoms with Crippen LogP contribution in [-0.4, -0.2) is 35.7 Å². The molecule has 0 spiro atoms. The SMILES string of the molecule is CC1CCN(Cc2ccc(C#CCN)cc2F)CC1O. The molecule has 108 valence electrons. The summed E-state index contributed by atoms with van der Waals surface area (Å²) in [4.78, 5) is 2.09. The molecule has 4 heteroatoms. The van der Waals surface area contributed by atoms with Crippen LogP contribution in [0.25, 0.3) is 0 Å². The van der Waals surface area contributed by atoms with Gasteiger partial charge in [-0.15, -0.1) is 0 Å². The van der Waals surface area contributed by atoms with Crippen LogP contribution >= 0.6 is 0 Å². The molecule has 3 N–H and O–H groups in total. The smallest absolute Gasteiger partial charge is 0.128 e. The van der Waals surface area contributed by atoms with Gasteiger partial charge in [0.25, 0.3) is 0 Å². The monoisotopic (exact) mass is 276 g/mol. The molecular formula is C16H21FN2O. The van der Waals surface area contributed by atoms with Crippen molar-refractivity contribution in [1.29, 1.82) is 0 Å². The largest absolute Gasteiger partial charge is 0.392 e. The molecule has 0 amide bonds. The van der Waals surface area contributed by atoms with E-state index in [9.17, 15) is 9.50 Å². The zero-order valence-electron chi connectivity index (χ0n) is 11.8. The lowest BCUT2D eigenvalue weighted by molar-refractivity contribution is 0.0255. The number of nitrogens with zero attached hydrogens (tertiary/aromatic N) is 1. The van der Waals surface area contributed by atoms with E-state index in [1.165, 1.54) is 6.07 Å². The van der Waals surface area contributed by atoms with E-state index >= 15 is 0 Å². The van der Waals surface area contributed by atoms with Gasteiger partial charge >= 0.3 is 0 Å². The number of nitrogens with two attached hydrogens (primary N) is 1. The molecule has 0 saturated carbocycles. The first-order chi connectivity index (χ1) is 9.60. The first kappa shape index (κ1) is 15.0. The van der Waals surface area contributed by atoms with Crippen LogP contribution in [0, 0.1) is 23.6 Å². The molecule has 0 bridgehead atoms. The van der Waals surface area contributed by atoms with Crippen molar-refractivity contribution in [1.82, 2.24) is 4.90 Å². The van der Waals surface area contributed by atoms with E-state index in [0.717, 1.165) is 13.0 Å². The summed E-state index contributed by atoms with van der Waals surface area (Å²) in [6.07, 6.45) is 0.629. The van der Waals surface area contributed by atoms with Crippen LogP contribution in [0.3, 0.4) is 0 Å². The molecule has 1 aliphatic heterocycles. The summed E-state index contributed by atoms with van der Waals surface area (Å²) in [5.74, 6) is 5.61. The summed E-state index contributed by atoms with van der Waals surface area (Å²) < 4.78 is 14.0. The summed E-state index contributed by atoms with van der Waals surface area (Å²) in [5.41, 5.74) is 6.58. The number of aliphatic hydroxyl groups excluding tert-OH is 1. The third-order valence-corrected chi connectivity index (χ3v) is 3.78. The summed E-state index contributed by atoms with van der Waals surface area (Å²) in [6, 6.07) is 5.02. The van der Waals surface area contributed by atoms with Crippen LogP contribution in [-0.2, 0) is 6.54 Å². The highest BCUT2D eigenvalue weighted by Gasteiger charge is 2.24. The topological polar surface area (TPSA) is 49.5 Å². The molecule has 0 radical (unpaired) electrons. The fourth-order valence-corrected chi connectivity index (χ4v) is 2.41. The molecule has 20 heavy (non-hydrogen) atoms. The van der Waals surface area contributed by atoms with Crippen LogP contribution in [0.4, 0.5) is 4.39 Å². The first-order valence-corrected chi connectivity index (χ1v) is 6.98. The fourth-order valence-electron chi connectivity index (χ4n) is 2.41. The second kappa shape index (κ2) is 6.85. The Kier molecular flexibility index (Phi) is 5.13. The van der Waals surface area contributed by atoms with E-state index in [1.807, 2.05) is 13.0 Å². The van der Waals surface area contributed by atoms with Crippen molar-refractivity contribution in [3.63, 3.8) is 0 Å². The van der Waals surface area contributed by atoms with Crippen LogP contribution < -0.4 is 5.73 Å². The zero-order valence-corrected chi connectivity index (χ0v) is 11.8. The minimum atomic E-state index is -0.318. The molecule has 2 unspecified atom stereocenters. The lowest BCUT2D eigenvalue weighted by atomic mass is 9.95. The molecule has 1 aliphatic rings. The van der Waals surface area contributed by atoms with Gasteiger partial charge in [0, 0.05) is 24.2 Å². The molecule has 1 fully saturated rings. The standard InChI is InChI=1S/C16H21FN2O/c1-12-6-8-19(11-16(12)20)10-14-5-4-13(3-2-7-18)9-15(14)17/h4-5,9,12,16,20H,6-8,10-11,18H2,1H3. The number of rotatable bonds is 2. The number of hydrogen-bond donors (Lipinski definition) is 2. The van der Waals surface area contributed by atoms with E-state index in [0.29, 0.717) is 30.1 Å². The van der Waals surface area contributed by atoms with Crippen LogP contribution in [0.2, 0.25) is 0 Å². The Morgan fingerprint density at radius 1 is 1.50 bits per heavy atom. The molecule has 2 rings (SSSR count). The lowest BCUT2D eigenvalue weighted by Crippen LogP contribution is -2.42. The van der Waals surface area contributed by atoms with Crippen molar-refractivity contribution in [3.8, 4) is 11.8 Å².